The number of hydrogen-bond acceptors (Lipinski definition) is 4. The van der Waals surface area contributed by atoms with Crippen LogP contribution in [0.5, 0.6) is 5.75 Å². The van der Waals surface area contributed by atoms with Crippen LogP contribution in [0.15, 0.2) is 47.1 Å². The van der Waals surface area contributed by atoms with E-state index in [-0.39, 0.29) is 5.75 Å². The van der Waals surface area contributed by atoms with Crippen molar-refractivity contribution < 1.29 is 19.1 Å². The van der Waals surface area contributed by atoms with Crippen LogP contribution in [0.4, 0.5) is 4.79 Å². The Kier molecular flexibility index (Phi) is 4.75. The summed E-state index contributed by atoms with van der Waals surface area (Å²) in [7, 11) is 0. The average Bonchev–Trinajstić information content (AvgIpc) is 2.91. The van der Waals surface area contributed by atoms with Gasteiger partial charge in [-0.1, -0.05) is 12.1 Å². The highest BCUT2D eigenvalue weighted by atomic mass is 16.6. The standard InChI is InChI=1S/C17H21NO4/c1-17(2,3)22-16(20)18(12-15-5-4-10-21-15)11-13-6-8-14(19)9-7-13/h4-10,19H,11-12H2,1-3H3. The van der Waals surface area contributed by atoms with Crippen molar-refractivity contribution in [3.63, 3.8) is 0 Å². The molecule has 1 amide bonds. The van der Waals surface area contributed by atoms with Crippen molar-refractivity contribution in [3.8, 4) is 5.75 Å². The largest absolute Gasteiger partial charge is 0.508 e. The molecule has 0 aliphatic rings. The topological polar surface area (TPSA) is 62.9 Å². The maximum absolute atomic E-state index is 12.4. The maximum atomic E-state index is 12.4. The fourth-order valence-corrected chi connectivity index (χ4v) is 1.92. The minimum atomic E-state index is -0.562. The highest BCUT2D eigenvalue weighted by Crippen LogP contribution is 2.17. The molecule has 0 saturated carbocycles. The molecule has 0 fully saturated rings. The van der Waals surface area contributed by atoms with E-state index in [0.29, 0.717) is 18.8 Å². The van der Waals surface area contributed by atoms with E-state index in [1.54, 1.807) is 41.5 Å². The molecule has 0 saturated heterocycles. The van der Waals surface area contributed by atoms with Crippen molar-refractivity contribution in [2.75, 3.05) is 0 Å². The number of furan rings is 1. The average molecular weight is 303 g/mol. The third-order valence-corrected chi connectivity index (χ3v) is 2.89. The number of benzene rings is 1. The van der Waals surface area contributed by atoms with Gasteiger partial charge in [-0.2, -0.15) is 0 Å². The van der Waals surface area contributed by atoms with Crippen molar-refractivity contribution in [2.45, 2.75) is 39.5 Å². The number of phenolic OH excluding ortho intramolecular Hbond substituents is 1. The van der Waals surface area contributed by atoms with Crippen LogP contribution in [0.2, 0.25) is 0 Å². The highest BCUT2D eigenvalue weighted by Gasteiger charge is 2.23. The van der Waals surface area contributed by atoms with E-state index in [0.717, 1.165) is 5.56 Å². The second-order valence-corrected chi connectivity index (χ2v) is 6.08. The van der Waals surface area contributed by atoms with Crippen LogP contribution in [0.25, 0.3) is 0 Å². The minimum Gasteiger partial charge on any atom is -0.508 e. The fourth-order valence-electron chi connectivity index (χ4n) is 1.92. The van der Waals surface area contributed by atoms with Gasteiger partial charge in [0.05, 0.1) is 12.8 Å². The van der Waals surface area contributed by atoms with Crippen molar-refractivity contribution in [1.82, 2.24) is 4.90 Å². The molecule has 1 N–H and O–H groups in total. The van der Waals surface area contributed by atoms with Gasteiger partial charge in [-0.25, -0.2) is 4.79 Å². The van der Waals surface area contributed by atoms with E-state index in [1.165, 1.54) is 0 Å². The number of nitrogens with zero attached hydrogens (tertiary/aromatic N) is 1. The molecule has 0 atom stereocenters. The van der Waals surface area contributed by atoms with E-state index < -0.39 is 11.7 Å². The lowest BCUT2D eigenvalue weighted by Gasteiger charge is -2.27. The summed E-state index contributed by atoms with van der Waals surface area (Å²) in [5.74, 6) is 0.878. The van der Waals surface area contributed by atoms with Gasteiger partial charge in [-0.15, -0.1) is 0 Å². The van der Waals surface area contributed by atoms with Gasteiger partial charge >= 0.3 is 6.09 Å². The molecule has 118 valence electrons. The molecule has 5 heteroatoms. The molecule has 0 radical (unpaired) electrons. The maximum Gasteiger partial charge on any atom is 0.411 e. The van der Waals surface area contributed by atoms with Crippen LogP contribution in [0.1, 0.15) is 32.1 Å². The summed E-state index contributed by atoms with van der Waals surface area (Å²) >= 11 is 0. The van der Waals surface area contributed by atoms with E-state index in [4.69, 9.17) is 9.15 Å². The zero-order chi connectivity index (χ0) is 16.2. The predicted molar refractivity (Wildman–Crippen MR) is 82.3 cm³/mol. The summed E-state index contributed by atoms with van der Waals surface area (Å²) in [5, 5.41) is 9.34. The van der Waals surface area contributed by atoms with Crippen molar-refractivity contribution in [3.05, 3.63) is 54.0 Å². The number of amides is 1. The monoisotopic (exact) mass is 303 g/mol. The molecule has 22 heavy (non-hydrogen) atoms. The molecule has 0 aliphatic carbocycles. The Morgan fingerprint density at radius 2 is 1.86 bits per heavy atom. The van der Waals surface area contributed by atoms with Crippen LogP contribution in [-0.4, -0.2) is 21.7 Å². The first-order valence-corrected chi connectivity index (χ1v) is 7.12. The predicted octanol–water partition coefficient (Wildman–Crippen LogP) is 3.92. The molecule has 0 unspecified atom stereocenters. The van der Waals surface area contributed by atoms with Crippen LogP contribution in [-0.2, 0) is 17.8 Å². The lowest BCUT2D eigenvalue weighted by atomic mass is 10.2. The Balaban J connectivity index is 2.13. The smallest absolute Gasteiger partial charge is 0.411 e. The van der Waals surface area contributed by atoms with Gasteiger partial charge in [-0.05, 0) is 50.6 Å². The van der Waals surface area contributed by atoms with Crippen LogP contribution in [0, 0.1) is 0 Å². The first-order chi connectivity index (χ1) is 10.3. The second kappa shape index (κ2) is 6.56. The first-order valence-electron chi connectivity index (χ1n) is 7.12. The molecule has 0 aliphatic heterocycles. The third-order valence-electron chi connectivity index (χ3n) is 2.89. The van der Waals surface area contributed by atoms with Crippen LogP contribution < -0.4 is 0 Å². The molecule has 2 aromatic rings. The molecule has 5 nitrogen and oxygen atoms in total. The number of carbonyl (C=O) groups excluding carboxylic acids is 1. The molecule has 0 bridgehead atoms. The van der Waals surface area contributed by atoms with E-state index in [1.807, 2.05) is 26.8 Å². The van der Waals surface area contributed by atoms with Gasteiger partial charge in [-0.3, -0.25) is 4.90 Å². The van der Waals surface area contributed by atoms with E-state index in [9.17, 15) is 9.90 Å². The number of carbonyl (C=O) groups is 1. The molecule has 1 aromatic carbocycles. The van der Waals surface area contributed by atoms with Gasteiger partial charge in [0, 0.05) is 6.54 Å². The lowest BCUT2D eigenvalue weighted by molar-refractivity contribution is 0.0203. The normalized spacial score (nSPS) is 11.2. The molecule has 1 heterocycles. The molecule has 1 aromatic heterocycles. The highest BCUT2D eigenvalue weighted by molar-refractivity contribution is 5.68. The Morgan fingerprint density at radius 3 is 2.41 bits per heavy atom. The Bertz CT molecular complexity index is 597. The number of hydrogen-bond donors (Lipinski definition) is 1. The van der Waals surface area contributed by atoms with E-state index >= 15 is 0 Å². The van der Waals surface area contributed by atoms with Gasteiger partial charge in [0.25, 0.3) is 0 Å². The van der Waals surface area contributed by atoms with Gasteiger partial charge in [0.1, 0.15) is 17.1 Å². The van der Waals surface area contributed by atoms with Crippen LogP contribution in [0.3, 0.4) is 0 Å². The number of ether oxygens (including phenoxy) is 1. The summed E-state index contributed by atoms with van der Waals surface area (Å²) in [4.78, 5) is 13.9. The van der Waals surface area contributed by atoms with Crippen LogP contribution >= 0.6 is 0 Å². The van der Waals surface area contributed by atoms with E-state index in [2.05, 4.69) is 0 Å². The zero-order valence-electron chi connectivity index (χ0n) is 13.1. The summed E-state index contributed by atoms with van der Waals surface area (Å²) in [6.45, 7) is 6.18. The van der Waals surface area contributed by atoms with Crippen molar-refractivity contribution >= 4 is 6.09 Å². The molecular formula is C17H21NO4. The number of aromatic hydroxyl groups is 1. The summed E-state index contributed by atoms with van der Waals surface area (Å²) in [6, 6.07) is 10.3. The summed E-state index contributed by atoms with van der Waals surface area (Å²) in [5.41, 5.74) is 0.336. The molecule has 0 spiro atoms. The van der Waals surface area contributed by atoms with Crippen molar-refractivity contribution in [1.29, 1.82) is 0 Å². The Morgan fingerprint density at radius 1 is 1.18 bits per heavy atom. The molecular weight excluding hydrogens is 282 g/mol. The van der Waals surface area contributed by atoms with Gasteiger partial charge in [0.2, 0.25) is 0 Å². The number of rotatable bonds is 4. The third kappa shape index (κ3) is 4.84. The summed E-state index contributed by atoms with van der Waals surface area (Å²) in [6.07, 6.45) is 1.17. The van der Waals surface area contributed by atoms with Crippen molar-refractivity contribution in [2.24, 2.45) is 0 Å². The summed E-state index contributed by atoms with van der Waals surface area (Å²) < 4.78 is 10.8. The Labute approximate surface area is 130 Å². The Hall–Kier alpha value is -2.43. The zero-order valence-corrected chi connectivity index (χ0v) is 13.1. The second-order valence-electron chi connectivity index (χ2n) is 6.08. The molecule has 2 rings (SSSR count). The minimum absolute atomic E-state index is 0.193. The lowest BCUT2D eigenvalue weighted by Crippen LogP contribution is -2.36. The fraction of sp³-hybridized carbons (Fsp3) is 0.353. The van der Waals surface area contributed by atoms with Gasteiger partial charge < -0.3 is 14.3 Å². The first kappa shape index (κ1) is 15.9. The number of phenols is 1. The van der Waals surface area contributed by atoms with Gasteiger partial charge in [0.15, 0.2) is 0 Å². The quantitative estimate of drug-likeness (QED) is 0.929. The SMILES string of the molecule is CC(C)(C)OC(=O)N(Cc1ccc(O)cc1)Cc1ccco1.